The summed E-state index contributed by atoms with van der Waals surface area (Å²) in [4.78, 5) is 19.6. The molecule has 0 radical (unpaired) electrons. The molecule has 0 aliphatic heterocycles. The van der Waals surface area contributed by atoms with E-state index in [1.807, 2.05) is 19.1 Å². The second kappa shape index (κ2) is 5.99. The molecule has 0 spiro atoms. The molecule has 0 unspecified atom stereocenters. The molecule has 100 valence electrons. The van der Waals surface area contributed by atoms with Gasteiger partial charge in [-0.25, -0.2) is 4.79 Å². The van der Waals surface area contributed by atoms with Crippen molar-refractivity contribution in [2.75, 3.05) is 11.9 Å². The molecule has 6 nitrogen and oxygen atoms in total. The van der Waals surface area contributed by atoms with Gasteiger partial charge in [-0.15, -0.1) is 0 Å². The second-order valence-electron chi connectivity index (χ2n) is 3.92. The Bertz CT molecular complexity index is 549. The Hall–Kier alpha value is -2.37. The lowest BCUT2D eigenvalue weighted by molar-refractivity contribution is 0.0519. The van der Waals surface area contributed by atoms with Crippen molar-refractivity contribution in [2.24, 2.45) is 0 Å². The van der Waals surface area contributed by atoms with Gasteiger partial charge in [-0.2, -0.15) is 4.98 Å². The van der Waals surface area contributed by atoms with Crippen molar-refractivity contribution < 1.29 is 13.9 Å². The first-order chi connectivity index (χ1) is 9.19. The van der Waals surface area contributed by atoms with E-state index >= 15 is 0 Å². The number of aryl methyl sites for hydroxylation is 1. The summed E-state index contributed by atoms with van der Waals surface area (Å²) >= 11 is 0. The number of oxazole rings is 1. The topological polar surface area (TPSA) is 77.2 Å². The number of anilines is 1. The number of pyridine rings is 1. The third-order valence-electron chi connectivity index (χ3n) is 2.41. The minimum atomic E-state index is -0.490. The number of rotatable bonds is 5. The van der Waals surface area contributed by atoms with Gasteiger partial charge in [-0.3, -0.25) is 4.98 Å². The van der Waals surface area contributed by atoms with Crippen molar-refractivity contribution in [1.29, 1.82) is 0 Å². The number of hydrogen-bond acceptors (Lipinski definition) is 6. The molecule has 0 atom stereocenters. The van der Waals surface area contributed by atoms with Crippen LogP contribution in [0.1, 0.15) is 28.7 Å². The SMILES string of the molecule is CCOC(=O)c1coc(NCc2ccc(C)nc2)n1. The number of hydrogen-bond donors (Lipinski definition) is 1. The molecule has 0 fully saturated rings. The lowest BCUT2D eigenvalue weighted by atomic mass is 10.2. The van der Waals surface area contributed by atoms with E-state index in [2.05, 4.69) is 15.3 Å². The van der Waals surface area contributed by atoms with Gasteiger partial charge in [0.25, 0.3) is 6.01 Å². The lowest BCUT2D eigenvalue weighted by Gasteiger charge is -2.01. The summed E-state index contributed by atoms with van der Waals surface area (Å²) in [7, 11) is 0. The fraction of sp³-hybridized carbons (Fsp3) is 0.308. The number of ether oxygens (including phenoxy) is 1. The maximum atomic E-state index is 11.4. The summed E-state index contributed by atoms with van der Waals surface area (Å²) in [5, 5.41) is 2.97. The highest BCUT2D eigenvalue weighted by atomic mass is 16.5. The highest BCUT2D eigenvalue weighted by Crippen LogP contribution is 2.10. The monoisotopic (exact) mass is 261 g/mol. The van der Waals surface area contributed by atoms with Gasteiger partial charge in [0.1, 0.15) is 6.26 Å². The van der Waals surface area contributed by atoms with Crippen LogP contribution >= 0.6 is 0 Å². The van der Waals surface area contributed by atoms with E-state index in [4.69, 9.17) is 9.15 Å². The maximum absolute atomic E-state index is 11.4. The zero-order chi connectivity index (χ0) is 13.7. The van der Waals surface area contributed by atoms with Crippen molar-refractivity contribution in [3.63, 3.8) is 0 Å². The zero-order valence-corrected chi connectivity index (χ0v) is 10.8. The van der Waals surface area contributed by atoms with Crippen LogP contribution in [0.5, 0.6) is 0 Å². The first-order valence-electron chi connectivity index (χ1n) is 5.97. The highest BCUT2D eigenvalue weighted by Gasteiger charge is 2.12. The van der Waals surface area contributed by atoms with Crippen LogP contribution < -0.4 is 5.32 Å². The minimum Gasteiger partial charge on any atom is -0.461 e. The third-order valence-corrected chi connectivity index (χ3v) is 2.41. The lowest BCUT2D eigenvalue weighted by Crippen LogP contribution is -2.05. The number of nitrogens with zero attached hydrogens (tertiary/aromatic N) is 2. The van der Waals surface area contributed by atoms with Crippen LogP contribution in [-0.4, -0.2) is 22.5 Å². The molecule has 2 aromatic heterocycles. The van der Waals surface area contributed by atoms with Crippen molar-refractivity contribution in [1.82, 2.24) is 9.97 Å². The zero-order valence-electron chi connectivity index (χ0n) is 10.8. The fourth-order valence-corrected chi connectivity index (χ4v) is 1.43. The number of aromatic nitrogens is 2. The number of carbonyl (C=O) groups excluding carboxylic acids is 1. The second-order valence-corrected chi connectivity index (χ2v) is 3.92. The average molecular weight is 261 g/mol. The van der Waals surface area contributed by atoms with Gasteiger partial charge >= 0.3 is 5.97 Å². The van der Waals surface area contributed by atoms with Gasteiger partial charge < -0.3 is 14.5 Å². The third kappa shape index (κ3) is 3.54. The molecule has 0 aliphatic rings. The molecule has 0 bridgehead atoms. The molecule has 0 saturated carbocycles. The first kappa shape index (κ1) is 13.1. The summed E-state index contributed by atoms with van der Waals surface area (Å²) in [5.41, 5.74) is 2.12. The van der Waals surface area contributed by atoms with Crippen molar-refractivity contribution in [3.05, 3.63) is 41.5 Å². The van der Waals surface area contributed by atoms with E-state index in [0.717, 1.165) is 11.3 Å². The van der Waals surface area contributed by atoms with Crippen LogP contribution in [0.15, 0.2) is 29.0 Å². The average Bonchev–Trinajstić information content (AvgIpc) is 2.87. The summed E-state index contributed by atoms with van der Waals surface area (Å²) in [6, 6.07) is 4.17. The molecule has 19 heavy (non-hydrogen) atoms. The summed E-state index contributed by atoms with van der Waals surface area (Å²) in [6.45, 7) is 4.50. The predicted octanol–water partition coefficient (Wildman–Crippen LogP) is 2.17. The van der Waals surface area contributed by atoms with Crippen molar-refractivity contribution in [2.45, 2.75) is 20.4 Å². The van der Waals surface area contributed by atoms with Crippen LogP contribution in [0.25, 0.3) is 0 Å². The summed E-state index contributed by atoms with van der Waals surface area (Å²) < 4.78 is 9.95. The molecule has 2 heterocycles. The summed E-state index contributed by atoms with van der Waals surface area (Å²) in [6.07, 6.45) is 3.05. The van der Waals surface area contributed by atoms with Crippen LogP contribution in [0.2, 0.25) is 0 Å². The number of esters is 1. The predicted molar refractivity (Wildman–Crippen MR) is 68.8 cm³/mol. The van der Waals surface area contributed by atoms with E-state index in [0.29, 0.717) is 13.2 Å². The van der Waals surface area contributed by atoms with Gasteiger partial charge in [-0.1, -0.05) is 6.07 Å². The van der Waals surface area contributed by atoms with Gasteiger partial charge in [0.05, 0.1) is 6.61 Å². The molecular weight excluding hydrogens is 246 g/mol. The number of carbonyl (C=O) groups is 1. The van der Waals surface area contributed by atoms with Crippen LogP contribution in [0, 0.1) is 6.92 Å². The van der Waals surface area contributed by atoms with Gasteiger partial charge in [0, 0.05) is 18.4 Å². The van der Waals surface area contributed by atoms with E-state index in [1.54, 1.807) is 13.1 Å². The normalized spacial score (nSPS) is 10.2. The Morgan fingerprint density at radius 1 is 1.47 bits per heavy atom. The molecule has 2 aromatic rings. The van der Waals surface area contributed by atoms with Crippen LogP contribution in [-0.2, 0) is 11.3 Å². The molecular formula is C13H15N3O3. The van der Waals surface area contributed by atoms with E-state index in [-0.39, 0.29) is 11.7 Å². The fourth-order valence-electron chi connectivity index (χ4n) is 1.43. The molecule has 2 rings (SSSR count). The van der Waals surface area contributed by atoms with Crippen molar-refractivity contribution in [3.8, 4) is 0 Å². The molecule has 6 heteroatoms. The molecule has 0 aromatic carbocycles. The van der Waals surface area contributed by atoms with E-state index in [9.17, 15) is 4.79 Å². The first-order valence-corrected chi connectivity index (χ1v) is 5.97. The van der Waals surface area contributed by atoms with E-state index in [1.165, 1.54) is 6.26 Å². The Labute approximate surface area is 110 Å². The summed E-state index contributed by atoms with van der Waals surface area (Å²) in [5.74, 6) is -0.490. The Morgan fingerprint density at radius 3 is 3.00 bits per heavy atom. The largest absolute Gasteiger partial charge is 0.461 e. The Balaban J connectivity index is 1.93. The van der Waals surface area contributed by atoms with Gasteiger partial charge in [0.2, 0.25) is 0 Å². The minimum absolute atomic E-state index is 0.159. The molecule has 0 aliphatic carbocycles. The molecule has 0 amide bonds. The Morgan fingerprint density at radius 2 is 2.32 bits per heavy atom. The van der Waals surface area contributed by atoms with Crippen LogP contribution in [0.3, 0.4) is 0 Å². The quantitative estimate of drug-likeness (QED) is 0.831. The van der Waals surface area contributed by atoms with Gasteiger partial charge in [-0.05, 0) is 25.5 Å². The van der Waals surface area contributed by atoms with Gasteiger partial charge in [0.15, 0.2) is 5.69 Å². The molecule has 0 saturated heterocycles. The molecule has 1 N–H and O–H groups in total. The maximum Gasteiger partial charge on any atom is 0.360 e. The Kier molecular flexibility index (Phi) is 4.12. The smallest absolute Gasteiger partial charge is 0.360 e. The van der Waals surface area contributed by atoms with E-state index < -0.39 is 5.97 Å². The number of nitrogens with one attached hydrogen (secondary N) is 1. The standard InChI is InChI=1S/C13H15N3O3/c1-3-18-12(17)11-8-19-13(16-11)15-7-10-5-4-9(2)14-6-10/h4-6,8H,3,7H2,1-2H3,(H,15,16). The van der Waals surface area contributed by atoms with Crippen molar-refractivity contribution >= 4 is 12.0 Å². The highest BCUT2D eigenvalue weighted by molar-refractivity contribution is 5.87. The van der Waals surface area contributed by atoms with Crippen LogP contribution in [0.4, 0.5) is 6.01 Å².